The van der Waals surface area contributed by atoms with Gasteiger partial charge in [0.2, 0.25) is 0 Å². The molecule has 7 nitrogen and oxygen atoms in total. The number of hydrogen-bond donors (Lipinski definition) is 2. The van der Waals surface area contributed by atoms with Crippen LogP contribution in [0.1, 0.15) is 6.92 Å². The summed E-state index contributed by atoms with van der Waals surface area (Å²) in [5, 5.41) is 22.0. The first-order valence-electron chi connectivity index (χ1n) is 7.00. The molecule has 2 N–H and O–H groups in total. The molecular weight excluding hydrogens is 272 g/mol. The van der Waals surface area contributed by atoms with Crippen molar-refractivity contribution < 1.29 is 14.3 Å². The molecule has 7 heteroatoms. The Morgan fingerprint density at radius 1 is 1.57 bits per heavy atom. The molecule has 0 saturated carbocycles. The molecule has 2 aromatic rings. The van der Waals surface area contributed by atoms with E-state index in [4.69, 9.17) is 9.15 Å². The lowest BCUT2D eigenvalue weighted by Crippen LogP contribution is -2.64. The van der Waals surface area contributed by atoms with Gasteiger partial charge in [-0.1, -0.05) is 0 Å². The van der Waals surface area contributed by atoms with Crippen LogP contribution in [-0.2, 0) is 4.74 Å². The minimum atomic E-state index is -0.478. The third-order valence-electron chi connectivity index (χ3n) is 4.28. The number of anilines is 1. The molecule has 21 heavy (non-hydrogen) atoms. The first-order chi connectivity index (χ1) is 10.2. The zero-order valence-electron chi connectivity index (χ0n) is 12.2. The second kappa shape index (κ2) is 5.59. The average Bonchev–Trinajstić information content (AvgIpc) is 2.98. The summed E-state index contributed by atoms with van der Waals surface area (Å²) in [6.07, 6.45) is 3.27. The Balaban J connectivity index is 1.80. The van der Waals surface area contributed by atoms with Gasteiger partial charge in [-0.25, -0.2) is 0 Å². The van der Waals surface area contributed by atoms with E-state index in [1.54, 1.807) is 12.5 Å². The van der Waals surface area contributed by atoms with Crippen LogP contribution in [0.4, 0.5) is 5.82 Å². The minimum absolute atomic E-state index is 0.00238. The van der Waals surface area contributed by atoms with Crippen LogP contribution < -0.4 is 5.32 Å². The van der Waals surface area contributed by atoms with E-state index in [-0.39, 0.29) is 12.6 Å². The summed E-state index contributed by atoms with van der Waals surface area (Å²) in [7, 11) is 2.00. The van der Waals surface area contributed by atoms with E-state index in [1.165, 1.54) is 0 Å². The van der Waals surface area contributed by atoms with Crippen molar-refractivity contribution in [3.8, 4) is 0 Å². The molecule has 0 spiro atoms. The number of aromatic nitrogens is 2. The highest BCUT2D eigenvalue weighted by Crippen LogP contribution is 2.25. The highest BCUT2D eigenvalue weighted by molar-refractivity contribution is 5.85. The maximum absolute atomic E-state index is 9.86. The first-order valence-corrected chi connectivity index (χ1v) is 7.00. The Morgan fingerprint density at radius 2 is 2.43 bits per heavy atom. The van der Waals surface area contributed by atoms with Crippen LogP contribution >= 0.6 is 0 Å². The standard InChI is InChI=1S/C14H20N4O3/c1-10-6-20-9-14(8-19,18(10)2)7-15-13-12-11(3-4-21-12)5-16-17-13/h3-5,10,19H,6-9H2,1-2H3,(H,15,17)/t10-,14+/m1/s1. The summed E-state index contributed by atoms with van der Waals surface area (Å²) in [4.78, 5) is 2.15. The zero-order chi connectivity index (χ0) is 14.9. The summed E-state index contributed by atoms with van der Waals surface area (Å²) >= 11 is 0. The van der Waals surface area contributed by atoms with Crippen LogP contribution in [-0.4, -0.2) is 65.2 Å². The van der Waals surface area contributed by atoms with E-state index in [2.05, 4.69) is 27.3 Å². The lowest BCUT2D eigenvalue weighted by molar-refractivity contribution is -0.101. The molecule has 0 aliphatic carbocycles. The van der Waals surface area contributed by atoms with Crippen molar-refractivity contribution in [3.05, 3.63) is 18.5 Å². The lowest BCUT2D eigenvalue weighted by atomic mass is 9.96. The third kappa shape index (κ3) is 2.48. The summed E-state index contributed by atoms with van der Waals surface area (Å²) in [5.74, 6) is 0.581. The van der Waals surface area contributed by atoms with E-state index in [0.29, 0.717) is 31.2 Å². The zero-order valence-corrected chi connectivity index (χ0v) is 12.2. The number of furan rings is 1. The first kappa shape index (κ1) is 14.2. The summed E-state index contributed by atoms with van der Waals surface area (Å²) in [5.41, 5.74) is 0.194. The fraction of sp³-hybridized carbons (Fsp3) is 0.571. The number of fused-ring (bicyclic) bond motifs is 1. The number of morpholine rings is 1. The smallest absolute Gasteiger partial charge is 0.192 e. The van der Waals surface area contributed by atoms with Crippen LogP contribution in [0.3, 0.4) is 0 Å². The van der Waals surface area contributed by atoms with Crippen molar-refractivity contribution in [3.63, 3.8) is 0 Å². The summed E-state index contributed by atoms with van der Waals surface area (Å²) < 4.78 is 11.0. The Morgan fingerprint density at radius 3 is 3.24 bits per heavy atom. The normalized spacial score (nSPS) is 27.1. The minimum Gasteiger partial charge on any atom is -0.460 e. The molecule has 0 radical (unpaired) electrons. The van der Waals surface area contributed by atoms with Crippen molar-refractivity contribution in [2.75, 3.05) is 38.7 Å². The number of likely N-dealkylation sites (N-methyl/N-ethyl adjacent to an activating group) is 1. The second-order valence-electron chi connectivity index (χ2n) is 5.61. The van der Waals surface area contributed by atoms with Gasteiger partial charge in [-0.3, -0.25) is 4.90 Å². The molecule has 1 saturated heterocycles. The molecule has 1 aliphatic rings. The van der Waals surface area contributed by atoms with Crippen LogP contribution in [0.2, 0.25) is 0 Å². The molecule has 2 atom stereocenters. The van der Waals surface area contributed by atoms with Gasteiger partial charge in [-0.05, 0) is 20.0 Å². The van der Waals surface area contributed by atoms with Gasteiger partial charge in [0, 0.05) is 18.0 Å². The Labute approximate surface area is 122 Å². The number of aliphatic hydroxyl groups excluding tert-OH is 1. The molecule has 0 amide bonds. The molecule has 2 aromatic heterocycles. The van der Waals surface area contributed by atoms with Crippen molar-refractivity contribution in [2.45, 2.75) is 18.5 Å². The summed E-state index contributed by atoms with van der Waals surface area (Å²) in [6, 6.07) is 2.09. The average molecular weight is 292 g/mol. The number of nitrogens with zero attached hydrogens (tertiary/aromatic N) is 3. The number of ether oxygens (including phenoxy) is 1. The predicted octanol–water partition coefficient (Wildman–Crippen LogP) is 0.716. The third-order valence-corrected chi connectivity index (χ3v) is 4.28. The highest BCUT2D eigenvalue weighted by Gasteiger charge is 2.40. The number of rotatable bonds is 4. The quantitative estimate of drug-likeness (QED) is 0.859. The number of aliphatic hydroxyl groups is 1. The van der Waals surface area contributed by atoms with Gasteiger partial charge in [0.15, 0.2) is 11.4 Å². The van der Waals surface area contributed by atoms with E-state index < -0.39 is 5.54 Å². The molecule has 0 aromatic carbocycles. The molecule has 114 valence electrons. The largest absolute Gasteiger partial charge is 0.460 e. The highest BCUT2D eigenvalue weighted by atomic mass is 16.5. The SMILES string of the molecule is C[C@@H]1COC[C@@](CO)(CNc2nncc3ccoc23)N1C. The molecule has 3 rings (SSSR count). The fourth-order valence-electron chi connectivity index (χ4n) is 2.66. The second-order valence-corrected chi connectivity index (χ2v) is 5.61. The number of nitrogens with one attached hydrogen (secondary N) is 1. The van der Waals surface area contributed by atoms with Crippen LogP contribution in [0, 0.1) is 0 Å². The molecular formula is C14H20N4O3. The number of hydrogen-bond acceptors (Lipinski definition) is 7. The van der Waals surface area contributed by atoms with Crippen molar-refractivity contribution in [1.82, 2.24) is 15.1 Å². The van der Waals surface area contributed by atoms with E-state index >= 15 is 0 Å². The Kier molecular flexibility index (Phi) is 3.79. The molecule has 0 unspecified atom stereocenters. The van der Waals surface area contributed by atoms with E-state index in [1.807, 2.05) is 13.1 Å². The van der Waals surface area contributed by atoms with Gasteiger partial charge in [0.05, 0.1) is 37.8 Å². The van der Waals surface area contributed by atoms with Gasteiger partial charge in [-0.15, -0.1) is 5.10 Å². The van der Waals surface area contributed by atoms with E-state index in [9.17, 15) is 5.11 Å². The van der Waals surface area contributed by atoms with Crippen molar-refractivity contribution in [2.24, 2.45) is 0 Å². The summed E-state index contributed by atoms with van der Waals surface area (Å²) in [6.45, 7) is 3.72. The monoisotopic (exact) mass is 292 g/mol. The lowest BCUT2D eigenvalue weighted by Gasteiger charge is -2.47. The van der Waals surface area contributed by atoms with Gasteiger partial charge < -0.3 is 19.6 Å². The van der Waals surface area contributed by atoms with Crippen molar-refractivity contribution >= 4 is 16.8 Å². The predicted molar refractivity (Wildman–Crippen MR) is 78.2 cm³/mol. The van der Waals surface area contributed by atoms with Gasteiger partial charge in [-0.2, -0.15) is 5.10 Å². The molecule has 0 bridgehead atoms. The fourth-order valence-corrected chi connectivity index (χ4v) is 2.66. The van der Waals surface area contributed by atoms with Crippen LogP contribution in [0.15, 0.2) is 22.9 Å². The topological polar surface area (TPSA) is 83.7 Å². The molecule has 3 heterocycles. The van der Waals surface area contributed by atoms with Gasteiger partial charge in [0.1, 0.15) is 0 Å². The van der Waals surface area contributed by atoms with Crippen LogP contribution in [0.5, 0.6) is 0 Å². The maximum atomic E-state index is 9.86. The Bertz CT molecular complexity index is 617. The van der Waals surface area contributed by atoms with Gasteiger partial charge >= 0.3 is 0 Å². The van der Waals surface area contributed by atoms with Crippen LogP contribution in [0.25, 0.3) is 11.0 Å². The molecule has 1 fully saturated rings. The van der Waals surface area contributed by atoms with E-state index in [0.717, 1.165) is 5.39 Å². The van der Waals surface area contributed by atoms with Crippen molar-refractivity contribution in [1.29, 1.82) is 0 Å². The van der Waals surface area contributed by atoms with Gasteiger partial charge in [0.25, 0.3) is 0 Å². The molecule has 1 aliphatic heterocycles. The maximum Gasteiger partial charge on any atom is 0.192 e. The Hall–Kier alpha value is -1.70.